The van der Waals surface area contributed by atoms with Crippen molar-refractivity contribution in [1.82, 2.24) is 0 Å². The average molecular weight is 278 g/mol. The molecule has 0 aliphatic carbocycles. The Bertz CT molecular complexity index is 621. The van der Waals surface area contributed by atoms with Crippen molar-refractivity contribution in [1.29, 1.82) is 5.26 Å². The third-order valence-electron chi connectivity index (χ3n) is 3.90. The second-order valence-corrected chi connectivity index (χ2v) is 5.77. The fourth-order valence-electron chi connectivity index (χ4n) is 2.54. The largest absolute Gasteiger partial charge is 0.330 e. The predicted molar refractivity (Wildman–Crippen MR) is 87.2 cm³/mol. The van der Waals surface area contributed by atoms with Crippen LogP contribution in [0.25, 0.3) is 0 Å². The van der Waals surface area contributed by atoms with Crippen LogP contribution >= 0.6 is 0 Å². The highest BCUT2D eigenvalue weighted by molar-refractivity contribution is 5.35. The second-order valence-electron chi connectivity index (χ2n) is 5.77. The standard InChI is InChI=1S/C19H22N2/c1-14(2)17-6-8-18(9-7-17)19(13-21)11-15-4-3-5-16(10-15)12-20/h3-10,14,19H,11,13,21H2,1-2H3. The van der Waals surface area contributed by atoms with E-state index < -0.39 is 0 Å². The minimum absolute atomic E-state index is 0.292. The van der Waals surface area contributed by atoms with Crippen LogP contribution in [0.3, 0.4) is 0 Å². The molecule has 0 saturated heterocycles. The van der Waals surface area contributed by atoms with Crippen LogP contribution < -0.4 is 5.73 Å². The van der Waals surface area contributed by atoms with Gasteiger partial charge in [-0.1, -0.05) is 50.2 Å². The monoisotopic (exact) mass is 278 g/mol. The fraction of sp³-hybridized carbons (Fsp3) is 0.316. The van der Waals surface area contributed by atoms with Gasteiger partial charge in [0.1, 0.15) is 0 Å². The molecule has 2 aromatic rings. The Labute approximate surface area is 127 Å². The summed E-state index contributed by atoms with van der Waals surface area (Å²) in [4.78, 5) is 0. The first-order valence-corrected chi connectivity index (χ1v) is 7.43. The number of benzene rings is 2. The molecule has 0 heterocycles. The summed E-state index contributed by atoms with van der Waals surface area (Å²) in [5.41, 5.74) is 10.4. The SMILES string of the molecule is CC(C)c1ccc(C(CN)Cc2cccc(C#N)c2)cc1. The van der Waals surface area contributed by atoms with Gasteiger partial charge in [-0.15, -0.1) is 0 Å². The Morgan fingerprint density at radius 1 is 1.05 bits per heavy atom. The molecule has 0 aliphatic rings. The average Bonchev–Trinajstić information content (AvgIpc) is 2.53. The maximum Gasteiger partial charge on any atom is 0.0991 e. The first-order chi connectivity index (χ1) is 10.1. The van der Waals surface area contributed by atoms with E-state index >= 15 is 0 Å². The highest BCUT2D eigenvalue weighted by Gasteiger charge is 2.11. The molecule has 0 spiro atoms. The lowest BCUT2D eigenvalue weighted by molar-refractivity contribution is 0.693. The molecule has 21 heavy (non-hydrogen) atoms. The van der Waals surface area contributed by atoms with Gasteiger partial charge in [0.25, 0.3) is 0 Å². The van der Waals surface area contributed by atoms with E-state index in [1.165, 1.54) is 11.1 Å². The maximum absolute atomic E-state index is 8.98. The molecule has 2 nitrogen and oxygen atoms in total. The Balaban J connectivity index is 2.17. The van der Waals surface area contributed by atoms with Gasteiger partial charge in [0.2, 0.25) is 0 Å². The Morgan fingerprint density at radius 3 is 2.29 bits per heavy atom. The highest BCUT2D eigenvalue weighted by atomic mass is 14.5. The summed E-state index contributed by atoms with van der Waals surface area (Å²) in [6.07, 6.45) is 0.868. The van der Waals surface area contributed by atoms with E-state index in [0.29, 0.717) is 23.9 Å². The summed E-state index contributed by atoms with van der Waals surface area (Å²) in [6.45, 7) is 5.00. The number of nitriles is 1. The first-order valence-electron chi connectivity index (χ1n) is 7.43. The molecule has 2 rings (SSSR count). The summed E-state index contributed by atoms with van der Waals surface area (Å²) in [6, 6.07) is 18.7. The molecular formula is C19H22N2. The number of nitrogens with zero attached hydrogens (tertiary/aromatic N) is 1. The summed E-state index contributed by atoms with van der Waals surface area (Å²) >= 11 is 0. The zero-order valence-corrected chi connectivity index (χ0v) is 12.7. The van der Waals surface area contributed by atoms with Crippen molar-refractivity contribution in [3.8, 4) is 6.07 Å². The Morgan fingerprint density at radius 2 is 1.71 bits per heavy atom. The van der Waals surface area contributed by atoms with Crippen molar-refractivity contribution in [3.05, 3.63) is 70.8 Å². The molecule has 0 saturated carbocycles. The van der Waals surface area contributed by atoms with Gasteiger partial charge in [0.15, 0.2) is 0 Å². The fourth-order valence-corrected chi connectivity index (χ4v) is 2.54. The van der Waals surface area contributed by atoms with Gasteiger partial charge in [0, 0.05) is 5.92 Å². The minimum atomic E-state index is 0.292. The normalized spacial score (nSPS) is 12.1. The molecule has 1 unspecified atom stereocenters. The summed E-state index contributed by atoms with van der Waals surface area (Å²) < 4.78 is 0. The smallest absolute Gasteiger partial charge is 0.0991 e. The topological polar surface area (TPSA) is 49.8 Å². The maximum atomic E-state index is 8.98. The quantitative estimate of drug-likeness (QED) is 0.899. The summed E-state index contributed by atoms with van der Waals surface area (Å²) in [7, 11) is 0. The molecular weight excluding hydrogens is 256 g/mol. The minimum Gasteiger partial charge on any atom is -0.330 e. The molecule has 0 radical (unpaired) electrons. The van der Waals surface area contributed by atoms with Gasteiger partial charge in [-0.05, 0) is 47.7 Å². The van der Waals surface area contributed by atoms with Gasteiger partial charge in [-0.3, -0.25) is 0 Å². The van der Waals surface area contributed by atoms with E-state index in [9.17, 15) is 0 Å². The van der Waals surface area contributed by atoms with Gasteiger partial charge >= 0.3 is 0 Å². The number of rotatable bonds is 5. The van der Waals surface area contributed by atoms with Gasteiger partial charge in [0.05, 0.1) is 11.6 Å². The van der Waals surface area contributed by atoms with Crippen molar-refractivity contribution >= 4 is 0 Å². The van der Waals surface area contributed by atoms with Crippen LogP contribution in [0.4, 0.5) is 0 Å². The molecule has 0 amide bonds. The number of hydrogen-bond acceptors (Lipinski definition) is 2. The number of nitrogens with two attached hydrogens (primary N) is 1. The zero-order chi connectivity index (χ0) is 15.2. The van der Waals surface area contributed by atoms with E-state index in [2.05, 4.69) is 50.2 Å². The molecule has 2 aromatic carbocycles. The molecule has 0 bridgehead atoms. The molecule has 0 aromatic heterocycles. The van der Waals surface area contributed by atoms with Crippen LogP contribution in [0.2, 0.25) is 0 Å². The predicted octanol–water partition coefficient (Wildman–Crippen LogP) is 3.97. The highest BCUT2D eigenvalue weighted by Crippen LogP contribution is 2.23. The lowest BCUT2D eigenvalue weighted by atomic mass is 9.90. The molecule has 2 N–H and O–H groups in total. The third kappa shape index (κ3) is 3.93. The van der Waals surface area contributed by atoms with Crippen molar-refractivity contribution in [2.24, 2.45) is 5.73 Å². The number of hydrogen-bond donors (Lipinski definition) is 1. The van der Waals surface area contributed by atoms with Crippen LogP contribution in [-0.2, 0) is 6.42 Å². The van der Waals surface area contributed by atoms with Gasteiger partial charge in [-0.25, -0.2) is 0 Å². The molecule has 0 fully saturated rings. The lowest BCUT2D eigenvalue weighted by Gasteiger charge is -2.16. The summed E-state index contributed by atoms with van der Waals surface area (Å²) in [5.74, 6) is 0.836. The molecule has 1 atom stereocenters. The van der Waals surface area contributed by atoms with E-state index in [0.717, 1.165) is 12.0 Å². The Kier molecular flexibility index (Phi) is 5.14. The van der Waals surface area contributed by atoms with Crippen LogP contribution in [0.15, 0.2) is 48.5 Å². The second kappa shape index (κ2) is 7.06. The van der Waals surface area contributed by atoms with Crippen LogP contribution in [0.5, 0.6) is 0 Å². The molecule has 108 valence electrons. The van der Waals surface area contributed by atoms with Gasteiger partial charge < -0.3 is 5.73 Å². The van der Waals surface area contributed by atoms with Gasteiger partial charge in [-0.2, -0.15) is 5.26 Å². The van der Waals surface area contributed by atoms with Crippen LogP contribution in [0.1, 0.15) is 47.9 Å². The van der Waals surface area contributed by atoms with Crippen molar-refractivity contribution in [2.75, 3.05) is 6.54 Å². The van der Waals surface area contributed by atoms with E-state index in [4.69, 9.17) is 11.0 Å². The van der Waals surface area contributed by atoms with Crippen molar-refractivity contribution in [3.63, 3.8) is 0 Å². The van der Waals surface area contributed by atoms with E-state index in [-0.39, 0.29) is 0 Å². The zero-order valence-electron chi connectivity index (χ0n) is 12.7. The molecule has 2 heteroatoms. The van der Waals surface area contributed by atoms with Crippen molar-refractivity contribution in [2.45, 2.75) is 32.1 Å². The first kappa shape index (κ1) is 15.3. The third-order valence-corrected chi connectivity index (χ3v) is 3.90. The lowest BCUT2D eigenvalue weighted by Crippen LogP contribution is -2.15. The van der Waals surface area contributed by atoms with E-state index in [1.807, 2.05) is 18.2 Å². The Hall–Kier alpha value is -2.11. The van der Waals surface area contributed by atoms with Crippen molar-refractivity contribution < 1.29 is 0 Å². The molecule has 0 aliphatic heterocycles. The summed E-state index contributed by atoms with van der Waals surface area (Å²) in [5, 5.41) is 8.98. The van der Waals surface area contributed by atoms with E-state index in [1.54, 1.807) is 0 Å². The van der Waals surface area contributed by atoms with Crippen LogP contribution in [0, 0.1) is 11.3 Å². The van der Waals surface area contributed by atoms with Crippen LogP contribution in [-0.4, -0.2) is 6.54 Å².